The fourth-order valence-corrected chi connectivity index (χ4v) is 3.48. The van der Waals surface area contributed by atoms with Gasteiger partial charge in [-0.3, -0.25) is 9.59 Å². The van der Waals surface area contributed by atoms with Crippen molar-refractivity contribution in [2.75, 3.05) is 5.32 Å². The molecule has 0 spiro atoms. The maximum atomic E-state index is 12.4. The molecule has 1 aromatic heterocycles. The van der Waals surface area contributed by atoms with Gasteiger partial charge in [0.2, 0.25) is 11.8 Å². The number of benzene rings is 1. The Labute approximate surface area is 160 Å². The van der Waals surface area contributed by atoms with Gasteiger partial charge in [-0.15, -0.1) is 11.3 Å². The van der Waals surface area contributed by atoms with Crippen LogP contribution < -0.4 is 10.6 Å². The van der Waals surface area contributed by atoms with Crippen molar-refractivity contribution >= 4 is 51.5 Å². The standard InChI is InChI=1S/C17H19Cl2N3O2S/c1-9(2)15(21-10(3)23)16(24)22-17-20-8-12(25-17)7-11-5-4-6-13(18)14(11)19/h4-6,8-9,15H,7H2,1-3H3,(H,21,23)(H,20,22,24). The average Bonchev–Trinajstić information content (AvgIpc) is 2.96. The van der Waals surface area contributed by atoms with E-state index >= 15 is 0 Å². The average molecular weight is 400 g/mol. The van der Waals surface area contributed by atoms with E-state index in [9.17, 15) is 9.59 Å². The number of hydrogen-bond acceptors (Lipinski definition) is 4. The van der Waals surface area contributed by atoms with Crippen molar-refractivity contribution in [2.45, 2.75) is 33.2 Å². The van der Waals surface area contributed by atoms with Gasteiger partial charge in [0.1, 0.15) is 6.04 Å². The van der Waals surface area contributed by atoms with Crippen LogP contribution in [0.2, 0.25) is 10.0 Å². The number of rotatable bonds is 6. The molecule has 5 nitrogen and oxygen atoms in total. The molecular formula is C17H19Cl2N3O2S. The topological polar surface area (TPSA) is 71.1 Å². The molecule has 0 radical (unpaired) electrons. The molecule has 0 fully saturated rings. The van der Waals surface area contributed by atoms with Crippen molar-refractivity contribution in [1.82, 2.24) is 10.3 Å². The third-order valence-electron chi connectivity index (χ3n) is 3.49. The second-order valence-corrected chi connectivity index (χ2v) is 7.83. The predicted octanol–water partition coefficient (Wildman–Crippen LogP) is 4.14. The van der Waals surface area contributed by atoms with Gasteiger partial charge in [-0.2, -0.15) is 0 Å². The molecule has 1 aromatic carbocycles. The fourth-order valence-electron chi connectivity index (χ4n) is 2.26. The van der Waals surface area contributed by atoms with Crippen molar-refractivity contribution in [3.8, 4) is 0 Å². The van der Waals surface area contributed by atoms with Crippen molar-refractivity contribution < 1.29 is 9.59 Å². The van der Waals surface area contributed by atoms with Crippen LogP contribution in [0.4, 0.5) is 5.13 Å². The minimum Gasteiger partial charge on any atom is -0.344 e. The summed E-state index contributed by atoms with van der Waals surface area (Å²) in [5, 5.41) is 6.92. The summed E-state index contributed by atoms with van der Waals surface area (Å²) in [7, 11) is 0. The molecule has 0 aliphatic carbocycles. The molecule has 25 heavy (non-hydrogen) atoms. The van der Waals surface area contributed by atoms with E-state index in [1.807, 2.05) is 26.0 Å². The van der Waals surface area contributed by atoms with Gasteiger partial charge in [0.15, 0.2) is 5.13 Å². The van der Waals surface area contributed by atoms with Crippen LogP contribution in [0.15, 0.2) is 24.4 Å². The van der Waals surface area contributed by atoms with Crippen LogP contribution in [-0.2, 0) is 16.0 Å². The maximum Gasteiger partial charge on any atom is 0.248 e. The number of nitrogens with one attached hydrogen (secondary N) is 2. The molecule has 0 aliphatic heterocycles. The summed E-state index contributed by atoms with van der Waals surface area (Å²) in [6, 6.07) is 4.87. The van der Waals surface area contributed by atoms with E-state index in [-0.39, 0.29) is 17.7 Å². The predicted molar refractivity (Wildman–Crippen MR) is 102 cm³/mol. The van der Waals surface area contributed by atoms with E-state index < -0.39 is 6.04 Å². The fraction of sp³-hybridized carbons (Fsp3) is 0.353. The smallest absolute Gasteiger partial charge is 0.248 e. The summed E-state index contributed by atoms with van der Waals surface area (Å²) < 4.78 is 0. The first-order valence-electron chi connectivity index (χ1n) is 7.73. The Hall–Kier alpha value is -1.63. The largest absolute Gasteiger partial charge is 0.344 e. The van der Waals surface area contributed by atoms with Crippen LogP contribution in [0.5, 0.6) is 0 Å². The lowest BCUT2D eigenvalue weighted by Gasteiger charge is -2.20. The zero-order chi connectivity index (χ0) is 18.6. The highest BCUT2D eigenvalue weighted by Gasteiger charge is 2.23. The molecule has 2 aromatic rings. The lowest BCUT2D eigenvalue weighted by molar-refractivity contribution is -0.126. The molecule has 2 N–H and O–H groups in total. The molecule has 2 rings (SSSR count). The van der Waals surface area contributed by atoms with Crippen LogP contribution in [0.1, 0.15) is 31.2 Å². The lowest BCUT2D eigenvalue weighted by atomic mass is 10.0. The van der Waals surface area contributed by atoms with Crippen LogP contribution in [0.3, 0.4) is 0 Å². The molecule has 1 heterocycles. The third-order valence-corrected chi connectivity index (χ3v) is 5.26. The number of anilines is 1. The number of halogens is 2. The summed E-state index contributed by atoms with van der Waals surface area (Å²) in [6.45, 7) is 5.13. The van der Waals surface area contributed by atoms with Crippen LogP contribution in [0, 0.1) is 5.92 Å². The van der Waals surface area contributed by atoms with E-state index in [4.69, 9.17) is 23.2 Å². The van der Waals surface area contributed by atoms with Gasteiger partial charge in [-0.25, -0.2) is 4.98 Å². The summed E-state index contributed by atoms with van der Waals surface area (Å²) >= 11 is 13.6. The van der Waals surface area contributed by atoms with Crippen molar-refractivity contribution in [3.63, 3.8) is 0 Å². The molecule has 0 aliphatic rings. The minimum atomic E-state index is -0.604. The Morgan fingerprint density at radius 1 is 1.28 bits per heavy atom. The molecule has 134 valence electrons. The van der Waals surface area contributed by atoms with E-state index in [0.717, 1.165) is 10.4 Å². The normalized spacial score (nSPS) is 12.1. The van der Waals surface area contributed by atoms with Gasteiger partial charge in [0.05, 0.1) is 10.0 Å². The summed E-state index contributed by atoms with van der Waals surface area (Å²) in [4.78, 5) is 28.8. The quantitative estimate of drug-likeness (QED) is 0.766. The van der Waals surface area contributed by atoms with Gasteiger partial charge in [0, 0.05) is 24.4 Å². The molecule has 0 bridgehead atoms. The molecule has 0 saturated heterocycles. The Balaban J connectivity index is 2.06. The molecule has 1 unspecified atom stereocenters. The molecule has 8 heteroatoms. The first-order chi connectivity index (χ1) is 11.8. The number of nitrogens with zero attached hydrogens (tertiary/aromatic N) is 1. The monoisotopic (exact) mass is 399 g/mol. The Morgan fingerprint density at radius 3 is 2.64 bits per heavy atom. The van der Waals surface area contributed by atoms with Crippen LogP contribution >= 0.6 is 34.5 Å². The summed E-state index contributed by atoms with van der Waals surface area (Å²) in [5.41, 5.74) is 0.897. The number of carbonyl (C=O) groups excluding carboxylic acids is 2. The van der Waals surface area contributed by atoms with Crippen molar-refractivity contribution in [2.24, 2.45) is 5.92 Å². The van der Waals surface area contributed by atoms with Gasteiger partial charge in [-0.1, -0.05) is 49.2 Å². The van der Waals surface area contributed by atoms with Gasteiger partial charge in [-0.05, 0) is 17.5 Å². The second kappa shape index (κ2) is 8.65. The van der Waals surface area contributed by atoms with Crippen molar-refractivity contribution in [1.29, 1.82) is 0 Å². The minimum absolute atomic E-state index is 0.0337. The first-order valence-corrected chi connectivity index (χ1v) is 9.30. The summed E-state index contributed by atoms with van der Waals surface area (Å²) in [6.07, 6.45) is 2.27. The number of carbonyl (C=O) groups is 2. The Bertz CT molecular complexity index is 777. The first kappa shape index (κ1) is 19.7. The highest BCUT2D eigenvalue weighted by Crippen LogP contribution is 2.29. The molecule has 0 saturated carbocycles. The summed E-state index contributed by atoms with van der Waals surface area (Å²) in [5.74, 6) is -0.565. The maximum absolute atomic E-state index is 12.4. The van der Waals surface area contributed by atoms with E-state index in [1.165, 1.54) is 18.3 Å². The van der Waals surface area contributed by atoms with Gasteiger partial charge < -0.3 is 10.6 Å². The Kier molecular flexibility index (Phi) is 6.81. The number of amides is 2. The third kappa shape index (κ3) is 5.42. The highest BCUT2D eigenvalue weighted by atomic mass is 35.5. The van der Waals surface area contributed by atoms with Gasteiger partial charge >= 0.3 is 0 Å². The lowest BCUT2D eigenvalue weighted by Crippen LogP contribution is -2.46. The zero-order valence-electron chi connectivity index (χ0n) is 14.1. The highest BCUT2D eigenvalue weighted by molar-refractivity contribution is 7.15. The van der Waals surface area contributed by atoms with E-state index in [0.29, 0.717) is 21.6 Å². The molecular weight excluding hydrogens is 381 g/mol. The van der Waals surface area contributed by atoms with E-state index in [2.05, 4.69) is 15.6 Å². The van der Waals surface area contributed by atoms with Crippen molar-refractivity contribution in [3.05, 3.63) is 44.9 Å². The zero-order valence-corrected chi connectivity index (χ0v) is 16.4. The van der Waals surface area contributed by atoms with Gasteiger partial charge in [0.25, 0.3) is 0 Å². The molecule has 1 atom stereocenters. The van der Waals surface area contributed by atoms with E-state index in [1.54, 1.807) is 12.3 Å². The number of aromatic nitrogens is 1. The number of thiazole rings is 1. The Morgan fingerprint density at radius 2 is 2.00 bits per heavy atom. The number of hydrogen-bond donors (Lipinski definition) is 2. The SMILES string of the molecule is CC(=O)NC(C(=O)Nc1ncc(Cc2cccc(Cl)c2Cl)s1)C(C)C. The molecule has 2 amide bonds. The van der Waals surface area contributed by atoms with Crippen LogP contribution in [-0.4, -0.2) is 22.8 Å². The van der Waals surface area contributed by atoms with Crippen LogP contribution in [0.25, 0.3) is 0 Å². The second-order valence-electron chi connectivity index (χ2n) is 5.93.